The van der Waals surface area contributed by atoms with Crippen molar-refractivity contribution < 1.29 is 4.79 Å². The van der Waals surface area contributed by atoms with Crippen LogP contribution >= 0.6 is 0 Å². The largest absolute Gasteiger partial charge is 0.383 e. The number of anilines is 1. The van der Waals surface area contributed by atoms with E-state index in [0.29, 0.717) is 11.6 Å². The van der Waals surface area contributed by atoms with Crippen LogP contribution in [-0.4, -0.2) is 11.9 Å². The SMILES string of the molecule is C=C/C=C(\C)c1cc(NC(C)C)c(C)c(C(N)=O)c1. The third-order valence-electron chi connectivity index (χ3n) is 2.94. The van der Waals surface area contributed by atoms with Gasteiger partial charge in [-0.15, -0.1) is 0 Å². The minimum absolute atomic E-state index is 0.290. The Bertz CT molecular complexity index is 528. The molecule has 0 aliphatic heterocycles. The first-order valence-electron chi connectivity index (χ1n) is 6.37. The molecule has 0 bridgehead atoms. The summed E-state index contributed by atoms with van der Waals surface area (Å²) >= 11 is 0. The lowest BCUT2D eigenvalue weighted by Gasteiger charge is -2.17. The Morgan fingerprint density at radius 2 is 2.05 bits per heavy atom. The molecule has 0 fully saturated rings. The van der Waals surface area contributed by atoms with Crippen molar-refractivity contribution in [1.82, 2.24) is 0 Å². The molecular weight excluding hydrogens is 236 g/mol. The van der Waals surface area contributed by atoms with Gasteiger partial charge in [0, 0.05) is 17.3 Å². The summed E-state index contributed by atoms with van der Waals surface area (Å²) in [6, 6.07) is 4.16. The van der Waals surface area contributed by atoms with Gasteiger partial charge in [-0.3, -0.25) is 4.79 Å². The highest BCUT2D eigenvalue weighted by atomic mass is 16.1. The van der Waals surface area contributed by atoms with Crippen LogP contribution < -0.4 is 11.1 Å². The van der Waals surface area contributed by atoms with Gasteiger partial charge in [0.2, 0.25) is 5.91 Å². The Labute approximate surface area is 115 Å². The zero-order chi connectivity index (χ0) is 14.6. The van der Waals surface area contributed by atoms with Gasteiger partial charge in [-0.25, -0.2) is 0 Å². The average Bonchev–Trinajstić information content (AvgIpc) is 2.30. The number of carbonyl (C=O) groups excluding carboxylic acids is 1. The van der Waals surface area contributed by atoms with Crippen LogP contribution in [-0.2, 0) is 0 Å². The summed E-state index contributed by atoms with van der Waals surface area (Å²) in [5.74, 6) is -0.405. The van der Waals surface area contributed by atoms with Crippen molar-refractivity contribution in [2.75, 3.05) is 5.32 Å². The number of hydrogen-bond donors (Lipinski definition) is 2. The van der Waals surface area contributed by atoms with Crippen molar-refractivity contribution in [2.45, 2.75) is 33.7 Å². The summed E-state index contributed by atoms with van der Waals surface area (Å²) in [5.41, 5.74) is 9.85. The second kappa shape index (κ2) is 6.23. The van der Waals surface area contributed by atoms with E-state index >= 15 is 0 Å². The molecule has 1 aromatic rings. The summed E-state index contributed by atoms with van der Waals surface area (Å²) in [6.07, 6.45) is 3.64. The molecule has 0 radical (unpaired) electrons. The monoisotopic (exact) mass is 258 g/mol. The summed E-state index contributed by atoms with van der Waals surface area (Å²) in [6.45, 7) is 11.7. The molecule has 3 heteroatoms. The maximum Gasteiger partial charge on any atom is 0.249 e. The molecule has 3 nitrogen and oxygen atoms in total. The van der Waals surface area contributed by atoms with Crippen molar-refractivity contribution in [3.8, 4) is 0 Å². The van der Waals surface area contributed by atoms with Gasteiger partial charge in [0.15, 0.2) is 0 Å². The number of hydrogen-bond acceptors (Lipinski definition) is 2. The molecule has 1 amide bonds. The lowest BCUT2D eigenvalue weighted by molar-refractivity contribution is 0.0999. The molecule has 102 valence electrons. The van der Waals surface area contributed by atoms with Crippen LogP contribution in [0.4, 0.5) is 5.69 Å². The van der Waals surface area contributed by atoms with E-state index in [1.807, 2.05) is 32.1 Å². The predicted octanol–water partition coefficient (Wildman–Crippen LogP) is 3.50. The average molecular weight is 258 g/mol. The van der Waals surface area contributed by atoms with Gasteiger partial charge in [0.1, 0.15) is 0 Å². The standard InChI is InChI=1S/C16H22N2O/c1-6-7-11(4)13-8-14(16(17)19)12(5)15(9-13)18-10(2)3/h6-10,18H,1H2,2-5H3,(H2,17,19)/b11-7+. The Balaban J connectivity index is 3.43. The van der Waals surface area contributed by atoms with E-state index in [2.05, 4.69) is 25.7 Å². The molecule has 1 rings (SSSR count). The minimum atomic E-state index is -0.405. The highest BCUT2D eigenvalue weighted by Gasteiger charge is 2.12. The molecule has 0 saturated heterocycles. The molecule has 0 heterocycles. The van der Waals surface area contributed by atoms with Crippen molar-refractivity contribution in [2.24, 2.45) is 5.73 Å². The van der Waals surface area contributed by atoms with Crippen molar-refractivity contribution >= 4 is 17.2 Å². The van der Waals surface area contributed by atoms with Crippen LogP contribution in [0.2, 0.25) is 0 Å². The van der Waals surface area contributed by atoms with Gasteiger partial charge in [0.05, 0.1) is 0 Å². The molecule has 1 aromatic carbocycles. The lowest BCUT2D eigenvalue weighted by atomic mass is 9.97. The molecule has 0 spiro atoms. The Morgan fingerprint density at radius 1 is 1.42 bits per heavy atom. The number of benzene rings is 1. The maximum absolute atomic E-state index is 11.5. The Morgan fingerprint density at radius 3 is 2.53 bits per heavy atom. The Hall–Kier alpha value is -2.03. The second-order valence-corrected chi connectivity index (χ2v) is 4.95. The van der Waals surface area contributed by atoms with E-state index in [9.17, 15) is 4.79 Å². The van der Waals surface area contributed by atoms with E-state index in [-0.39, 0.29) is 0 Å². The molecule has 0 aliphatic carbocycles. The third-order valence-corrected chi connectivity index (χ3v) is 2.94. The molecule has 0 unspecified atom stereocenters. The van der Waals surface area contributed by atoms with E-state index in [1.54, 1.807) is 6.08 Å². The van der Waals surface area contributed by atoms with Gasteiger partial charge in [-0.2, -0.15) is 0 Å². The summed E-state index contributed by atoms with van der Waals surface area (Å²) in [4.78, 5) is 11.5. The van der Waals surface area contributed by atoms with E-state index in [0.717, 1.165) is 22.4 Å². The lowest BCUT2D eigenvalue weighted by Crippen LogP contribution is -2.17. The first kappa shape index (κ1) is 15.0. The van der Waals surface area contributed by atoms with Crippen LogP contribution in [0.1, 0.15) is 42.3 Å². The van der Waals surface area contributed by atoms with Gasteiger partial charge >= 0.3 is 0 Å². The highest BCUT2D eigenvalue weighted by Crippen LogP contribution is 2.26. The van der Waals surface area contributed by atoms with Crippen LogP contribution in [0, 0.1) is 6.92 Å². The van der Waals surface area contributed by atoms with Crippen LogP contribution in [0.3, 0.4) is 0 Å². The van der Waals surface area contributed by atoms with Gasteiger partial charge in [0.25, 0.3) is 0 Å². The topological polar surface area (TPSA) is 55.1 Å². The zero-order valence-electron chi connectivity index (χ0n) is 12.1. The summed E-state index contributed by atoms with van der Waals surface area (Å²) in [5, 5.41) is 3.34. The highest BCUT2D eigenvalue weighted by molar-refractivity contribution is 5.97. The molecular formula is C16H22N2O. The number of allylic oxidation sites excluding steroid dienone is 3. The predicted molar refractivity (Wildman–Crippen MR) is 82.3 cm³/mol. The van der Waals surface area contributed by atoms with Crippen LogP contribution in [0.5, 0.6) is 0 Å². The fraction of sp³-hybridized carbons (Fsp3) is 0.312. The number of amides is 1. The number of carbonyl (C=O) groups is 1. The fourth-order valence-electron chi connectivity index (χ4n) is 1.93. The number of primary amides is 1. The van der Waals surface area contributed by atoms with Crippen molar-refractivity contribution in [3.05, 3.63) is 47.6 Å². The number of rotatable bonds is 5. The minimum Gasteiger partial charge on any atom is -0.383 e. The van der Waals surface area contributed by atoms with E-state index in [1.165, 1.54) is 0 Å². The van der Waals surface area contributed by atoms with Crippen molar-refractivity contribution in [3.63, 3.8) is 0 Å². The fourth-order valence-corrected chi connectivity index (χ4v) is 1.93. The normalized spacial score (nSPS) is 11.5. The van der Waals surface area contributed by atoms with E-state index in [4.69, 9.17) is 5.73 Å². The number of nitrogens with two attached hydrogens (primary N) is 1. The van der Waals surface area contributed by atoms with Crippen molar-refractivity contribution in [1.29, 1.82) is 0 Å². The second-order valence-electron chi connectivity index (χ2n) is 4.95. The first-order valence-corrected chi connectivity index (χ1v) is 6.37. The molecule has 3 N–H and O–H groups in total. The van der Waals surface area contributed by atoms with E-state index < -0.39 is 5.91 Å². The molecule has 19 heavy (non-hydrogen) atoms. The van der Waals surface area contributed by atoms with Gasteiger partial charge in [-0.1, -0.05) is 18.7 Å². The van der Waals surface area contributed by atoms with Gasteiger partial charge < -0.3 is 11.1 Å². The molecule has 0 aromatic heterocycles. The van der Waals surface area contributed by atoms with Gasteiger partial charge in [-0.05, 0) is 56.5 Å². The molecule has 0 atom stereocenters. The first-order chi connectivity index (χ1) is 8.86. The Kier molecular flexibility index (Phi) is 4.93. The number of nitrogens with one attached hydrogen (secondary N) is 1. The third kappa shape index (κ3) is 3.71. The summed E-state index contributed by atoms with van der Waals surface area (Å²) < 4.78 is 0. The smallest absolute Gasteiger partial charge is 0.249 e. The van der Waals surface area contributed by atoms with Crippen LogP contribution in [0.25, 0.3) is 5.57 Å². The maximum atomic E-state index is 11.5. The van der Waals surface area contributed by atoms with Crippen LogP contribution in [0.15, 0.2) is 30.9 Å². The molecule has 0 aliphatic rings. The quantitative estimate of drug-likeness (QED) is 0.794. The molecule has 0 saturated carbocycles. The zero-order valence-corrected chi connectivity index (χ0v) is 12.1. The summed E-state index contributed by atoms with van der Waals surface area (Å²) in [7, 11) is 0.